The molecule has 0 amide bonds. The van der Waals surface area contributed by atoms with Gasteiger partial charge in [0, 0.05) is 23.9 Å². The Morgan fingerprint density at radius 2 is 1.91 bits per heavy atom. The molecule has 166 valence electrons. The number of aromatic nitrogens is 2. The number of fused-ring (bicyclic) bond motifs is 1. The van der Waals surface area contributed by atoms with Gasteiger partial charge in [0.25, 0.3) is 0 Å². The molecule has 0 saturated heterocycles. The van der Waals surface area contributed by atoms with Crippen molar-refractivity contribution in [2.45, 2.75) is 19.4 Å². The molecule has 0 unspecified atom stereocenters. The number of hydrogen-bond acceptors (Lipinski definition) is 4. The number of imidazole rings is 1. The molecule has 7 heteroatoms. The predicted molar refractivity (Wildman–Crippen MR) is 145 cm³/mol. The summed E-state index contributed by atoms with van der Waals surface area (Å²) in [6.45, 7) is 1.85. The molecule has 2 N–H and O–H groups in total. The van der Waals surface area contributed by atoms with Crippen LogP contribution in [0.1, 0.15) is 21.8 Å². The molecule has 2 aromatic carbocycles. The first-order valence-corrected chi connectivity index (χ1v) is 13.1. The SMILES string of the molecule is CN(C)CCn1c(Cc2ccc(CCI)cc2)nc2cc(N=C(N)c3cccs3)ccc21. The van der Waals surface area contributed by atoms with Crippen LogP contribution in [0, 0.1) is 0 Å². The molecule has 0 aliphatic carbocycles. The fourth-order valence-corrected chi connectivity index (χ4v) is 4.91. The second kappa shape index (κ2) is 10.6. The molecule has 2 heterocycles. The van der Waals surface area contributed by atoms with Gasteiger partial charge in [0.2, 0.25) is 0 Å². The van der Waals surface area contributed by atoms with E-state index >= 15 is 0 Å². The molecular weight excluding hydrogens is 529 g/mol. The van der Waals surface area contributed by atoms with E-state index in [4.69, 9.17) is 10.7 Å². The third-order valence-electron chi connectivity index (χ3n) is 5.37. The maximum atomic E-state index is 6.20. The Labute approximate surface area is 207 Å². The van der Waals surface area contributed by atoms with Gasteiger partial charge in [-0.25, -0.2) is 9.98 Å². The summed E-state index contributed by atoms with van der Waals surface area (Å²) < 4.78 is 3.48. The third-order valence-corrected chi connectivity index (χ3v) is 6.80. The quantitative estimate of drug-likeness (QED) is 0.132. The summed E-state index contributed by atoms with van der Waals surface area (Å²) in [6.07, 6.45) is 1.92. The van der Waals surface area contributed by atoms with E-state index in [0.29, 0.717) is 5.84 Å². The van der Waals surface area contributed by atoms with Crippen molar-refractivity contribution in [2.24, 2.45) is 10.7 Å². The van der Waals surface area contributed by atoms with Crippen LogP contribution in [0.5, 0.6) is 0 Å². The number of amidine groups is 1. The van der Waals surface area contributed by atoms with Crippen LogP contribution in [0.25, 0.3) is 11.0 Å². The molecule has 4 rings (SSSR count). The number of nitrogens with zero attached hydrogens (tertiary/aromatic N) is 4. The molecule has 2 aromatic heterocycles. The van der Waals surface area contributed by atoms with E-state index in [2.05, 4.69) is 81.5 Å². The van der Waals surface area contributed by atoms with Crippen LogP contribution in [0.3, 0.4) is 0 Å². The van der Waals surface area contributed by atoms with Gasteiger partial charge in [-0.05, 0) is 61.3 Å². The molecule has 0 fully saturated rings. The van der Waals surface area contributed by atoms with Gasteiger partial charge in [-0.3, -0.25) is 0 Å². The lowest BCUT2D eigenvalue weighted by Crippen LogP contribution is -2.19. The molecule has 0 bridgehead atoms. The number of rotatable bonds is 9. The molecule has 0 aliphatic heterocycles. The van der Waals surface area contributed by atoms with Crippen LogP contribution < -0.4 is 5.73 Å². The molecule has 32 heavy (non-hydrogen) atoms. The Kier molecular flexibility index (Phi) is 7.59. The average Bonchev–Trinajstić information content (AvgIpc) is 3.42. The molecule has 0 saturated carbocycles. The number of aliphatic imine (C=N–C) groups is 1. The van der Waals surface area contributed by atoms with Crippen LogP contribution in [0.2, 0.25) is 0 Å². The molecule has 0 radical (unpaired) electrons. The van der Waals surface area contributed by atoms with Gasteiger partial charge in [-0.15, -0.1) is 11.3 Å². The van der Waals surface area contributed by atoms with Gasteiger partial charge in [0.05, 0.1) is 21.6 Å². The lowest BCUT2D eigenvalue weighted by molar-refractivity contribution is 0.384. The topological polar surface area (TPSA) is 59.4 Å². The summed E-state index contributed by atoms with van der Waals surface area (Å²) in [7, 11) is 4.20. The van der Waals surface area contributed by atoms with E-state index in [1.54, 1.807) is 11.3 Å². The Bertz CT molecular complexity index is 1190. The zero-order chi connectivity index (χ0) is 22.5. The summed E-state index contributed by atoms with van der Waals surface area (Å²) >= 11 is 4.02. The van der Waals surface area contributed by atoms with E-state index in [1.807, 2.05) is 29.6 Å². The Balaban J connectivity index is 1.66. The first-order chi connectivity index (χ1) is 15.5. The number of hydrogen-bond donors (Lipinski definition) is 1. The fourth-order valence-electron chi connectivity index (χ4n) is 3.66. The minimum atomic E-state index is 0.540. The highest BCUT2D eigenvalue weighted by molar-refractivity contribution is 14.1. The second-order valence-corrected chi connectivity index (χ2v) is 10.1. The number of benzene rings is 2. The highest BCUT2D eigenvalue weighted by Gasteiger charge is 2.13. The molecule has 5 nitrogen and oxygen atoms in total. The molecule has 0 atom stereocenters. The van der Waals surface area contributed by atoms with Crippen LogP contribution in [0.15, 0.2) is 65.0 Å². The Hall–Kier alpha value is -2.23. The lowest BCUT2D eigenvalue weighted by Gasteiger charge is -2.13. The standard InChI is InChI=1S/C25H28IN5S/c1-30(2)13-14-31-22-10-9-20(28-25(27)23-4-3-15-32-23)17-21(22)29-24(31)16-19-7-5-18(6-8-19)11-12-26/h3-10,15,17H,11-14,16H2,1-2H3,(H2,27,28). The monoisotopic (exact) mass is 557 g/mol. The van der Waals surface area contributed by atoms with Gasteiger partial charge in [-0.2, -0.15) is 0 Å². The van der Waals surface area contributed by atoms with Crippen LogP contribution in [0.4, 0.5) is 5.69 Å². The molecular formula is C25H28IN5S. The maximum absolute atomic E-state index is 6.20. The summed E-state index contributed by atoms with van der Waals surface area (Å²) in [6, 6.07) is 19.1. The summed E-state index contributed by atoms with van der Waals surface area (Å²) in [5.74, 6) is 1.62. The molecule has 4 aromatic rings. The normalized spacial score (nSPS) is 12.2. The minimum Gasteiger partial charge on any atom is -0.383 e. The van der Waals surface area contributed by atoms with Crippen molar-refractivity contribution < 1.29 is 0 Å². The van der Waals surface area contributed by atoms with Gasteiger partial charge in [0.1, 0.15) is 11.7 Å². The van der Waals surface area contributed by atoms with E-state index in [1.165, 1.54) is 11.1 Å². The van der Waals surface area contributed by atoms with Gasteiger partial charge in [0.15, 0.2) is 0 Å². The van der Waals surface area contributed by atoms with E-state index in [-0.39, 0.29) is 0 Å². The van der Waals surface area contributed by atoms with Crippen LogP contribution in [-0.2, 0) is 19.4 Å². The Morgan fingerprint density at radius 1 is 1.12 bits per heavy atom. The number of alkyl halides is 1. The number of aryl methyl sites for hydroxylation is 1. The van der Waals surface area contributed by atoms with E-state index in [9.17, 15) is 0 Å². The highest BCUT2D eigenvalue weighted by Crippen LogP contribution is 2.25. The summed E-state index contributed by atoms with van der Waals surface area (Å²) in [4.78, 5) is 12.8. The van der Waals surface area contributed by atoms with Crippen LogP contribution >= 0.6 is 33.9 Å². The van der Waals surface area contributed by atoms with Crippen molar-refractivity contribution in [3.63, 3.8) is 0 Å². The number of halogens is 1. The van der Waals surface area contributed by atoms with Crippen molar-refractivity contribution in [1.82, 2.24) is 14.5 Å². The second-order valence-electron chi connectivity index (χ2n) is 8.06. The van der Waals surface area contributed by atoms with Crippen molar-refractivity contribution >= 4 is 56.5 Å². The summed E-state index contributed by atoms with van der Waals surface area (Å²) in [5.41, 5.74) is 11.8. The first-order valence-electron chi connectivity index (χ1n) is 10.7. The lowest BCUT2D eigenvalue weighted by atomic mass is 10.1. The maximum Gasteiger partial charge on any atom is 0.141 e. The van der Waals surface area contributed by atoms with Crippen molar-refractivity contribution in [3.8, 4) is 0 Å². The largest absolute Gasteiger partial charge is 0.383 e. The third kappa shape index (κ3) is 5.57. The highest BCUT2D eigenvalue weighted by atomic mass is 127. The predicted octanol–water partition coefficient (Wildman–Crippen LogP) is 5.26. The number of thiophene rings is 1. The number of likely N-dealkylation sites (N-methyl/N-ethyl adjacent to an activating group) is 1. The van der Waals surface area contributed by atoms with Gasteiger partial charge < -0.3 is 15.2 Å². The molecule has 0 spiro atoms. The zero-order valence-electron chi connectivity index (χ0n) is 18.5. The van der Waals surface area contributed by atoms with E-state index in [0.717, 1.165) is 57.8 Å². The van der Waals surface area contributed by atoms with Crippen molar-refractivity contribution in [3.05, 3.63) is 81.8 Å². The number of nitrogens with two attached hydrogens (primary N) is 1. The summed E-state index contributed by atoms with van der Waals surface area (Å²) in [5, 5.41) is 2.01. The van der Waals surface area contributed by atoms with Crippen LogP contribution in [-0.4, -0.2) is 45.4 Å². The average molecular weight is 558 g/mol. The first kappa shape index (κ1) is 22.9. The van der Waals surface area contributed by atoms with Crippen molar-refractivity contribution in [1.29, 1.82) is 0 Å². The van der Waals surface area contributed by atoms with Gasteiger partial charge in [-0.1, -0.05) is 52.9 Å². The fraction of sp³-hybridized carbons (Fsp3) is 0.280. The smallest absolute Gasteiger partial charge is 0.141 e. The van der Waals surface area contributed by atoms with E-state index < -0.39 is 0 Å². The Morgan fingerprint density at radius 3 is 2.59 bits per heavy atom. The van der Waals surface area contributed by atoms with Gasteiger partial charge >= 0.3 is 0 Å². The zero-order valence-corrected chi connectivity index (χ0v) is 21.4. The molecule has 0 aliphatic rings. The minimum absolute atomic E-state index is 0.540. The van der Waals surface area contributed by atoms with Crippen molar-refractivity contribution in [2.75, 3.05) is 25.1 Å².